The Kier molecular flexibility index (Phi) is 5.45. The summed E-state index contributed by atoms with van der Waals surface area (Å²) in [5.41, 5.74) is -0.419. The second-order valence-electron chi connectivity index (χ2n) is 6.10. The van der Waals surface area contributed by atoms with Gasteiger partial charge in [0.25, 0.3) is 0 Å². The molecule has 1 aliphatic heterocycles. The molecule has 0 spiro atoms. The molecule has 18 heavy (non-hydrogen) atoms. The molecule has 0 bridgehead atoms. The van der Waals surface area contributed by atoms with Gasteiger partial charge in [-0.2, -0.15) is 0 Å². The van der Waals surface area contributed by atoms with E-state index in [2.05, 4.69) is 24.1 Å². The van der Waals surface area contributed by atoms with E-state index in [1.807, 2.05) is 20.8 Å². The Hall–Kier alpha value is -0.770. The van der Waals surface area contributed by atoms with Crippen molar-refractivity contribution in [1.82, 2.24) is 10.2 Å². The Morgan fingerprint density at radius 1 is 1.39 bits per heavy atom. The average molecular weight is 256 g/mol. The third kappa shape index (κ3) is 4.84. The molecule has 106 valence electrons. The summed E-state index contributed by atoms with van der Waals surface area (Å²) in [5.74, 6) is 0. The van der Waals surface area contributed by atoms with Gasteiger partial charge in [-0.25, -0.2) is 4.79 Å². The topological polar surface area (TPSA) is 41.6 Å². The first kappa shape index (κ1) is 15.3. The average Bonchev–Trinajstić information content (AvgIpc) is 2.65. The summed E-state index contributed by atoms with van der Waals surface area (Å²) < 4.78 is 5.28. The molecule has 4 nitrogen and oxygen atoms in total. The fourth-order valence-electron chi connectivity index (χ4n) is 2.52. The van der Waals surface area contributed by atoms with Gasteiger partial charge in [-0.1, -0.05) is 13.8 Å². The summed E-state index contributed by atoms with van der Waals surface area (Å²) in [5, 5.41) is 2.97. The van der Waals surface area contributed by atoms with Crippen LogP contribution in [0.4, 0.5) is 4.79 Å². The number of ether oxygens (including phenoxy) is 1. The van der Waals surface area contributed by atoms with E-state index >= 15 is 0 Å². The van der Waals surface area contributed by atoms with Crippen molar-refractivity contribution in [2.24, 2.45) is 0 Å². The molecule has 1 rings (SSSR count). The Bertz CT molecular complexity index is 269. The van der Waals surface area contributed by atoms with Crippen molar-refractivity contribution < 1.29 is 9.53 Å². The zero-order chi connectivity index (χ0) is 13.8. The van der Waals surface area contributed by atoms with E-state index in [4.69, 9.17) is 4.74 Å². The van der Waals surface area contributed by atoms with Crippen LogP contribution in [0.15, 0.2) is 0 Å². The molecule has 0 saturated carbocycles. The van der Waals surface area contributed by atoms with Crippen LogP contribution in [-0.4, -0.2) is 41.8 Å². The minimum Gasteiger partial charge on any atom is -0.444 e. The zero-order valence-electron chi connectivity index (χ0n) is 12.5. The molecule has 0 unspecified atom stereocenters. The number of likely N-dealkylation sites (tertiary alicyclic amines) is 1. The lowest BCUT2D eigenvalue weighted by molar-refractivity contribution is 0.0504. The van der Waals surface area contributed by atoms with Crippen molar-refractivity contribution in [2.45, 2.75) is 71.6 Å². The summed E-state index contributed by atoms with van der Waals surface area (Å²) in [7, 11) is 0. The highest BCUT2D eigenvalue weighted by molar-refractivity contribution is 5.68. The van der Waals surface area contributed by atoms with Gasteiger partial charge in [-0.3, -0.25) is 4.90 Å². The van der Waals surface area contributed by atoms with Crippen LogP contribution in [0.2, 0.25) is 0 Å². The van der Waals surface area contributed by atoms with E-state index in [0.717, 1.165) is 19.5 Å². The molecule has 1 aliphatic rings. The minimum atomic E-state index is -0.419. The highest BCUT2D eigenvalue weighted by atomic mass is 16.6. The number of nitrogens with one attached hydrogen (secondary N) is 1. The first-order chi connectivity index (χ1) is 8.35. The standard InChI is InChI=1S/C14H28N2O2/c1-6-12(7-2)16-9-8-11(10-16)15-13(17)18-14(3,4)5/h11-12H,6-10H2,1-5H3,(H,15,17)/t11-/m0/s1. The molecule has 0 aliphatic carbocycles. The number of amides is 1. The molecule has 4 heteroatoms. The number of hydrogen-bond donors (Lipinski definition) is 1. The fraction of sp³-hybridized carbons (Fsp3) is 0.929. The van der Waals surface area contributed by atoms with Gasteiger partial charge in [0, 0.05) is 25.2 Å². The van der Waals surface area contributed by atoms with Crippen LogP contribution in [-0.2, 0) is 4.74 Å². The molecule has 1 fully saturated rings. The molecule has 0 radical (unpaired) electrons. The molecule has 0 aromatic carbocycles. The lowest BCUT2D eigenvalue weighted by Crippen LogP contribution is -2.41. The highest BCUT2D eigenvalue weighted by Crippen LogP contribution is 2.17. The molecule has 1 amide bonds. The summed E-state index contributed by atoms with van der Waals surface area (Å²) in [6.07, 6.45) is 3.08. The third-order valence-electron chi connectivity index (χ3n) is 3.40. The number of alkyl carbamates (subject to hydrolysis) is 1. The Morgan fingerprint density at radius 3 is 2.50 bits per heavy atom. The van der Waals surface area contributed by atoms with Crippen LogP contribution >= 0.6 is 0 Å². The first-order valence-electron chi connectivity index (χ1n) is 7.09. The smallest absolute Gasteiger partial charge is 0.407 e. The summed E-state index contributed by atoms with van der Waals surface area (Å²) in [4.78, 5) is 14.2. The molecule has 0 aromatic heterocycles. The van der Waals surface area contributed by atoms with Gasteiger partial charge in [0.05, 0.1) is 0 Å². The second-order valence-corrected chi connectivity index (χ2v) is 6.10. The van der Waals surface area contributed by atoms with Gasteiger partial charge in [0.15, 0.2) is 0 Å². The molecule has 0 aromatic rings. The van der Waals surface area contributed by atoms with E-state index in [0.29, 0.717) is 6.04 Å². The van der Waals surface area contributed by atoms with Crippen LogP contribution in [0.25, 0.3) is 0 Å². The van der Waals surface area contributed by atoms with Crippen LogP contribution < -0.4 is 5.32 Å². The number of carbonyl (C=O) groups is 1. The molecule has 1 heterocycles. The van der Waals surface area contributed by atoms with Gasteiger partial charge in [0.1, 0.15) is 5.60 Å². The first-order valence-corrected chi connectivity index (χ1v) is 7.09. The van der Waals surface area contributed by atoms with Gasteiger partial charge < -0.3 is 10.1 Å². The van der Waals surface area contributed by atoms with Crippen molar-refractivity contribution >= 4 is 6.09 Å². The maximum Gasteiger partial charge on any atom is 0.407 e. The maximum atomic E-state index is 11.7. The van der Waals surface area contributed by atoms with Crippen molar-refractivity contribution in [3.8, 4) is 0 Å². The quantitative estimate of drug-likeness (QED) is 0.841. The Labute approximate surface area is 111 Å². The number of nitrogens with zero attached hydrogens (tertiary/aromatic N) is 1. The normalized spacial score (nSPS) is 21.3. The molecular formula is C14H28N2O2. The molecule has 1 saturated heterocycles. The van der Waals surface area contributed by atoms with Gasteiger partial charge in [-0.05, 0) is 40.0 Å². The minimum absolute atomic E-state index is 0.237. The maximum absolute atomic E-state index is 11.7. The predicted molar refractivity (Wildman–Crippen MR) is 73.7 cm³/mol. The van der Waals surface area contributed by atoms with Crippen molar-refractivity contribution in [1.29, 1.82) is 0 Å². The second kappa shape index (κ2) is 6.41. The van der Waals surface area contributed by atoms with Crippen LogP contribution in [0, 0.1) is 0 Å². The number of hydrogen-bond acceptors (Lipinski definition) is 3. The summed E-state index contributed by atoms with van der Waals surface area (Å²) in [6, 6.07) is 0.885. The molecular weight excluding hydrogens is 228 g/mol. The largest absolute Gasteiger partial charge is 0.444 e. The monoisotopic (exact) mass is 256 g/mol. The van der Waals surface area contributed by atoms with E-state index in [1.165, 1.54) is 12.8 Å². The van der Waals surface area contributed by atoms with E-state index in [-0.39, 0.29) is 12.1 Å². The van der Waals surface area contributed by atoms with E-state index < -0.39 is 5.60 Å². The van der Waals surface area contributed by atoms with Gasteiger partial charge in [0.2, 0.25) is 0 Å². The number of carbonyl (C=O) groups excluding carboxylic acids is 1. The Balaban J connectivity index is 2.36. The zero-order valence-corrected chi connectivity index (χ0v) is 12.5. The van der Waals surface area contributed by atoms with E-state index in [9.17, 15) is 4.79 Å². The van der Waals surface area contributed by atoms with Crippen molar-refractivity contribution in [3.63, 3.8) is 0 Å². The lowest BCUT2D eigenvalue weighted by atomic mass is 10.1. The van der Waals surface area contributed by atoms with Gasteiger partial charge >= 0.3 is 6.09 Å². The molecule has 1 atom stereocenters. The van der Waals surface area contributed by atoms with Crippen molar-refractivity contribution in [3.05, 3.63) is 0 Å². The predicted octanol–water partition coefficient (Wildman–Crippen LogP) is 2.77. The fourth-order valence-corrected chi connectivity index (χ4v) is 2.52. The highest BCUT2D eigenvalue weighted by Gasteiger charge is 2.28. The summed E-state index contributed by atoms with van der Waals surface area (Å²) >= 11 is 0. The van der Waals surface area contributed by atoms with E-state index in [1.54, 1.807) is 0 Å². The Morgan fingerprint density at radius 2 is 2.00 bits per heavy atom. The lowest BCUT2D eigenvalue weighted by Gasteiger charge is -2.26. The molecule has 1 N–H and O–H groups in total. The third-order valence-corrected chi connectivity index (χ3v) is 3.40. The van der Waals surface area contributed by atoms with Gasteiger partial charge in [-0.15, -0.1) is 0 Å². The van der Waals surface area contributed by atoms with Crippen molar-refractivity contribution in [2.75, 3.05) is 13.1 Å². The van der Waals surface area contributed by atoms with Crippen LogP contribution in [0.3, 0.4) is 0 Å². The van der Waals surface area contributed by atoms with Crippen LogP contribution in [0.1, 0.15) is 53.9 Å². The summed E-state index contributed by atoms with van der Waals surface area (Å²) in [6.45, 7) is 12.1. The SMILES string of the molecule is CCC(CC)N1CC[C@H](NC(=O)OC(C)(C)C)C1. The van der Waals surface area contributed by atoms with Crippen LogP contribution in [0.5, 0.6) is 0 Å². The number of rotatable bonds is 4.